The minimum absolute atomic E-state index is 0.136. The Kier molecular flexibility index (Phi) is 6.27. The number of methoxy groups -OCH3 is 1. The number of hydrogen-bond donors (Lipinski definition) is 2. The number of hydrogen-bond acceptors (Lipinski definition) is 4. The van der Waals surface area contributed by atoms with Crippen LogP contribution in [0.25, 0.3) is 0 Å². The molecule has 0 aliphatic carbocycles. The smallest absolute Gasteiger partial charge is 0.277 e. The summed E-state index contributed by atoms with van der Waals surface area (Å²) in [4.78, 5) is 11.6. The monoisotopic (exact) mass is 330 g/mol. The largest absolute Gasteiger partial charge is 0.478 e. The fraction of sp³-hybridized carbons (Fsp3) is 0.462. The van der Waals surface area contributed by atoms with Gasteiger partial charge in [-0.3, -0.25) is 10.2 Å². The van der Waals surface area contributed by atoms with Crippen molar-refractivity contribution in [2.45, 2.75) is 25.9 Å². The Labute approximate surface area is 121 Å². The molecule has 0 bridgehead atoms. The fourth-order valence-electron chi connectivity index (χ4n) is 1.64. The molecule has 0 aliphatic rings. The van der Waals surface area contributed by atoms with Crippen molar-refractivity contribution in [3.8, 4) is 5.75 Å². The number of amides is 1. The lowest BCUT2D eigenvalue weighted by Crippen LogP contribution is -2.44. The van der Waals surface area contributed by atoms with Gasteiger partial charge in [0.1, 0.15) is 5.75 Å². The molecule has 0 saturated heterocycles. The normalized spacial score (nSPS) is 12.3. The molecule has 1 amide bonds. The number of nitrogens with one attached hydrogen (secondary N) is 1. The maximum Gasteiger partial charge on any atom is 0.277 e. The second-order valence-electron chi connectivity index (χ2n) is 4.41. The molecule has 1 atom stereocenters. The van der Waals surface area contributed by atoms with Gasteiger partial charge >= 0.3 is 0 Å². The van der Waals surface area contributed by atoms with E-state index in [-0.39, 0.29) is 12.5 Å². The first kappa shape index (κ1) is 15.9. The van der Waals surface area contributed by atoms with Crippen LogP contribution in [-0.2, 0) is 9.53 Å². The number of halogens is 1. The van der Waals surface area contributed by atoms with Crippen LogP contribution in [0.4, 0.5) is 0 Å². The minimum Gasteiger partial charge on any atom is -0.478 e. The zero-order valence-electron chi connectivity index (χ0n) is 11.3. The molecule has 0 fully saturated rings. The Balaban J connectivity index is 2.98. The van der Waals surface area contributed by atoms with Crippen molar-refractivity contribution >= 4 is 21.8 Å². The van der Waals surface area contributed by atoms with Crippen LogP contribution in [0.1, 0.15) is 25.3 Å². The zero-order valence-corrected chi connectivity index (χ0v) is 12.9. The summed E-state index contributed by atoms with van der Waals surface area (Å²) in [5.41, 5.74) is 3.09. The van der Waals surface area contributed by atoms with E-state index in [1.54, 1.807) is 0 Å². The Morgan fingerprint density at radius 2 is 2.16 bits per heavy atom. The summed E-state index contributed by atoms with van der Waals surface area (Å²) in [6.45, 7) is 4.25. The predicted molar refractivity (Wildman–Crippen MR) is 76.9 cm³/mol. The summed E-state index contributed by atoms with van der Waals surface area (Å²) in [7, 11) is 1.51. The van der Waals surface area contributed by atoms with Crippen LogP contribution in [0.5, 0.6) is 5.75 Å². The van der Waals surface area contributed by atoms with Crippen LogP contribution in [-0.4, -0.2) is 25.7 Å². The van der Waals surface area contributed by atoms with Gasteiger partial charge in [0.15, 0.2) is 0 Å². The van der Waals surface area contributed by atoms with Crippen LogP contribution in [0.15, 0.2) is 22.7 Å². The van der Waals surface area contributed by atoms with Gasteiger partial charge < -0.3 is 9.47 Å². The van der Waals surface area contributed by atoms with Gasteiger partial charge in [0, 0.05) is 11.6 Å². The quantitative estimate of drug-likeness (QED) is 0.475. The Hall–Kier alpha value is -1.11. The van der Waals surface area contributed by atoms with Crippen molar-refractivity contribution in [1.29, 1.82) is 0 Å². The molecule has 1 aromatic carbocycles. The lowest BCUT2D eigenvalue weighted by atomic mass is 10.0. The number of carbonyl (C=O) groups excluding carboxylic acids is 1. The van der Waals surface area contributed by atoms with E-state index in [2.05, 4.69) is 35.2 Å². The molecule has 0 spiro atoms. The van der Waals surface area contributed by atoms with Gasteiger partial charge in [-0.1, -0.05) is 29.8 Å². The van der Waals surface area contributed by atoms with Crippen molar-refractivity contribution in [3.63, 3.8) is 0 Å². The topological polar surface area (TPSA) is 73.6 Å². The maximum absolute atomic E-state index is 11.6. The molecular formula is C13H19BrN2O3. The average molecular weight is 331 g/mol. The summed E-state index contributed by atoms with van der Waals surface area (Å²) in [6.07, 6.45) is -0.770. The van der Waals surface area contributed by atoms with Gasteiger partial charge in [-0.2, -0.15) is 0 Å². The van der Waals surface area contributed by atoms with Gasteiger partial charge in [0.05, 0.1) is 6.61 Å². The Morgan fingerprint density at radius 1 is 1.47 bits per heavy atom. The molecule has 19 heavy (non-hydrogen) atoms. The lowest BCUT2D eigenvalue weighted by molar-refractivity contribution is -0.130. The molecular weight excluding hydrogens is 312 g/mol. The third-order valence-corrected chi connectivity index (χ3v) is 3.11. The van der Waals surface area contributed by atoms with Crippen molar-refractivity contribution in [2.75, 3.05) is 13.7 Å². The van der Waals surface area contributed by atoms with E-state index in [0.717, 1.165) is 10.0 Å². The molecule has 1 unspecified atom stereocenters. The molecule has 6 heteroatoms. The number of hydrazine groups is 1. The standard InChI is InChI=1S/C13H19BrN2O3/c1-8(2)10-6-9(14)4-5-11(10)19-12(7-18-3)13(17)16-15/h4-6,8,12H,7,15H2,1-3H3,(H,16,17). The van der Waals surface area contributed by atoms with Crippen LogP contribution < -0.4 is 16.0 Å². The molecule has 0 saturated carbocycles. The number of nitrogens with two attached hydrogens (primary N) is 1. The van der Waals surface area contributed by atoms with Crippen LogP contribution in [0.2, 0.25) is 0 Å². The maximum atomic E-state index is 11.6. The van der Waals surface area contributed by atoms with Gasteiger partial charge in [-0.15, -0.1) is 0 Å². The Bertz CT molecular complexity index is 438. The molecule has 1 rings (SSSR count). The van der Waals surface area contributed by atoms with E-state index in [9.17, 15) is 4.79 Å². The summed E-state index contributed by atoms with van der Waals surface area (Å²) >= 11 is 3.42. The fourth-order valence-corrected chi connectivity index (χ4v) is 2.02. The van der Waals surface area contributed by atoms with Crippen molar-refractivity contribution in [2.24, 2.45) is 5.84 Å². The number of carbonyl (C=O) groups is 1. The van der Waals surface area contributed by atoms with Gasteiger partial charge in [0.25, 0.3) is 5.91 Å². The number of rotatable bonds is 6. The third-order valence-electron chi connectivity index (χ3n) is 2.62. The van der Waals surface area contributed by atoms with Gasteiger partial charge in [-0.05, 0) is 29.7 Å². The van der Waals surface area contributed by atoms with E-state index in [1.165, 1.54) is 7.11 Å². The third kappa shape index (κ3) is 4.49. The molecule has 3 N–H and O–H groups in total. The van der Waals surface area contributed by atoms with E-state index < -0.39 is 12.0 Å². The summed E-state index contributed by atoms with van der Waals surface area (Å²) < 4.78 is 11.7. The molecule has 106 valence electrons. The molecule has 0 heterocycles. The van der Waals surface area contributed by atoms with Crippen molar-refractivity contribution in [3.05, 3.63) is 28.2 Å². The highest BCUT2D eigenvalue weighted by molar-refractivity contribution is 9.10. The average Bonchev–Trinajstić information content (AvgIpc) is 2.38. The predicted octanol–water partition coefficient (Wildman–Crippen LogP) is 1.96. The van der Waals surface area contributed by atoms with Crippen LogP contribution in [0.3, 0.4) is 0 Å². The molecule has 0 aliphatic heterocycles. The zero-order chi connectivity index (χ0) is 14.4. The van der Waals surface area contributed by atoms with Crippen LogP contribution >= 0.6 is 15.9 Å². The second-order valence-corrected chi connectivity index (χ2v) is 5.32. The van der Waals surface area contributed by atoms with Gasteiger partial charge in [0.2, 0.25) is 6.10 Å². The van der Waals surface area contributed by atoms with E-state index in [0.29, 0.717) is 5.75 Å². The van der Waals surface area contributed by atoms with E-state index >= 15 is 0 Å². The highest BCUT2D eigenvalue weighted by Gasteiger charge is 2.21. The minimum atomic E-state index is -0.770. The highest BCUT2D eigenvalue weighted by atomic mass is 79.9. The first-order valence-corrected chi connectivity index (χ1v) is 6.74. The second kappa shape index (κ2) is 7.47. The summed E-state index contributed by atoms with van der Waals surface area (Å²) in [5, 5.41) is 0. The molecule has 1 aromatic rings. The SMILES string of the molecule is COCC(Oc1ccc(Br)cc1C(C)C)C(=O)NN. The molecule has 5 nitrogen and oxygen atoms in total. The Morgan fingerprint density at radius 3 is 2.68 bits per heavy atom. The first-order valence-electron chi connectivity index (χ1n) is 5.95. The van der Waals surface area contributed by atoms with Gasteiger partial charge in [-0.25, -0.2) is 5.84 Å². The van der Waals surface area contributed by atoms with E-state index in [1.807, 2.05) is 18.2 Å². The lowest BCUT2D eigenvalue weighted by Gasteiger charge is -2.20. The first-order chi connectivity index (χ1) is 8.99. The van der Waals surface area contributed by atoms with Crippen molar-refractivity contribution in [1.82, 2.24) is 5.43 Å². The molecule has 0 radical (unpaired) electrons. The highest BCUT2D eigenvalue weighted by Crippen LogP contribution is 2.30. The van der Waals surface area contributed by atoms with Crippen LogP contribution in [0, 0.1) is 0 Å². The molecule has 0 aromatic heterocycles. The van der Waals surface area contributed by atoms with Crippen molar-refractivity contribution < 1.29 is 14.3 Å². The summed E-state index contributed by atoms with van der Waals surface area (Å²) in [6, 6.07) is 5.67. The van der Waals surface area contributed by atoms with E-state index in [4.69, 9.17) is 15.3 Å². The number of ether oxygens (including phenoxy) is 2. The summed E-state index contributed by atoms with van der Waals surface area (Å²) in [5.74, 6) is 5.65. The number of benzene rings is 1.